The molecule has 2 amide bonds. The van der Waals surface area contributed by atoms with Gasteiger partial charge in [-0.2, -0.15) is 11.8 Å². The molecule has 0 spiro atoms. The highest BCUT2D eigenvalue weighted by molar-refractivity contribution is 7.98. The molecular weight excluding hydrogens is 260 g/mol. The lowest BCUT2D eigenvalue weighted by atomic mass is 9.81. The van der Waals surface area contributed by atoms with Crippen LogP contribution < -0.4 is 5.32 Å². The Morgan fingerprint density at radius 1 is 1.16 bits per heavy atom. The zero-order valence-corrected chi connectivity index (χ0v) is 13.5. The summed E-state index contributed by atoms with van der Waals surface area (Å²) in [5.74, 6) is 0.926. The zero-order valence-electron chi connectivity index (χ0n) is 12.7. The van der Waals surface area contributed by atoms with E-state index in [0.717, 1.165) is 5.75 Å². The van der Waals surface area contributed by atoms with Crippen molar-refractivity contribution in [3.05, 3.63) is 0 Å². The number of nitrogens with zero attached hydrogens (tertiary/aromatic N) is 1. The molecular formula is C14H26N2O2S. The lowest BCUT2D eigenvalue weighted by molar-refractivity contribution is -0.163. The van der Waals surface area contributed by atoms with Gasteiger partial charge in [-0.05, 0) is 32.4 Å². The fourth-order valence-corrected chi connectivity index (χ4v) is 3.09. The van der Waals surface area contributed by atoms with Crippen molar-refractivity contribution >= 4 is 23.6 Å². The van der Waals surface area contributed by atoms with Crippen LogP contribution in [0.3, 0.4) is 0 Å². The van der Waals surface area contributed by atoms with Crippen LogP contribution in [0.4, 0.5) is 0 Å². The zero-order chi connectivity index (χ0) is 14.7. The average Bonchev–Trinajstić information content (AvgIpc) is 2.41. The van der Waals surface area contributed by atoms with Gasteiger partial charge in [-0.3, -0.25) is 9.59 Å². The molecule has 1 heterocycles. The van der Waals surface area contributed by atoms with Crippen LogP contribution in [-0.4, -0.2) is 46.3 Å². The van der Waals surface area contributed by atoms with Gasteiger partial charge in [0.25, 0.3) is 0 Å². The lowest BCUT2D eigenvalue weighted by Gasteiger charge is -2.51. The smallest absolute Gasteiger partial charge is 0.248 e. The molecule has 4 nitrogen and oxygen atoms in total. The van der Waals surface area contributed by atoms with Gasteiger partial charge >= 0.3 is 0 Å². The fraction of sp³-hybridized carbons (Fsp3) is 0.857. The lowest BCUT2D eigenvalue weighted by Crippen LogP contribution is -2.74. The summed E-state index contributed by atoms with van der Waals surface area (Å²) in [4.78, 5) is 27.2. The molecule has 0 aromatic rings. The fourth-order valence-electron chi connectivity index (χ4n) is 2.73. The van der Waals surface area contributed by atoms with Crippen molar-refractivity contribution in [2.24, 2.45) is 0 Å². The van der Waals surface area contributed by atoms with Crippen LogP contribution in [0, 0.1) is 0 Å². The van der Waals surface area contributed by atoms with Crippen LogP contribution in [0.15, 0.2) is 0 Å². The minimum Gasteiger partial charge on any atom is -0.340 e. The molecule has 1 rings (SSSR count). The molecule has 19 heavy (non-hydrogen) atoms. The first-order valence-electron chi connectivity index (χ1n) is 7.05. The number of hydrogen-bond donors (Lipinski definition) is 1. The second-order valence-corrected chi connectivity index (χ2v) is 6.31. The van der Waals surface area contributed by atoms with Crippen molar-refractivity contribution in [3.8, 4) is 0 Å². The van der Waals surface area contributed by atoms with E-state index in [1.807, 2.05) is 38.9 Å². The van der Waals surface area contributed by atoms with Gasteiger partial charge in [-0.1, -0.05) is 20.8 Å². The molecule has 1 N–H and O–H groups in total. The van der Waals surface area contributed by atoms with Crippen molar-refractivity contribution in [1.82, 2.24) is 10.2 Å². The molecule has 1 atom stereocenters. The van der Waals surface area contributed by atoms with Crippen molar-refractivity contribution in [2.75, 3.05) is 18.6 Å². The number of nitrogens with one attached hydrogen (secondary N) is 1. The molecule has 1 unspecified atom stereocenters. The van der Waals surface area contributed by atoms with Gasteiger partial charge in [0.2, 0.25) is 11.8 Å². The maximum atomic E-state index is 12.8. The van der Waals surface area contributed by atoms with E-state index in [9.17, 15) is 9.59 Å². The number of hydrogen-bond acceptors (Lipinski definition) is 3. The van der Waals surface area contributed by atoms with Crippen molar-refractivity contribution in [1.29, 1.82) is 0 Å². The Labute approximate surface area is 120 Å². The van der Waals surface area contributed by atoms with Crippen molar-refractivity contribution < 1.29 is 9.59 Å². The average molecular weight is 286 g/mol. The monoisotopic (exact) mass is 286 g/mol. The van der Waals surface area contributed by atoms with Gasteiger partial charge < -0.3 is 10.2 Å². The summed E-state index contributed by atoms with van der Waals surface area (Å²) in [6, 6.07) is 0. The summed E-state index contributed by atoms with van der Waals surface area (Å²) in [6.07, 6.45) is 3.97. The Morgan fingerprint density at radius 2 is 1.74 bits per heavy atom. The Hall–Kier alpha value is -0.710. The second-order valence-electron chi connectivity index (χ2n) is 5.33. The highest BCUT2D eigenvalue weighted by Gasteiger charge is 2.54. The Balaban J connectivity index is 3.18. The molecule has 0 aliphatic carbocycles. The van der Waals surface area contributed by atoms with Crippen molar-refractivity contribution in [3.63, 3.8) is 0 Å². The van der Waals surface area contributed by atoms with E-state index in [-0.39, 0.29) is 11.8 Å². The summed E-state index contributed by atoms with van der Waals surface area (Å²) < 4.78 is 0. The summed E-state index contributed by atoms with van der Waals surface area (Å²) in [5, 5.41) is 2.95. The molecule has 1 fully saturated rings. The van der Waals surface area contributed by atoms with Crippen molar-refractivity contribution in [2.45, 2.75) is 58.0 Å². The van der Waals surface area contributed by atoms with E-state index in [1.165, 1.54) is 0 Å². The molecule has 110 valence electrons. The highest BCUT2D eigenvalue weighted by atomic mass is 32.2. The van der Waals surface area contributed by atoms with Gasteiger partial charge in [0.15, 0.2) is 0 Å². The molecule has 1 aliphatic rings. The largest absolute Gasteiger partial charge is 0.340 e. The van der Waals surface area contributed by atoms with Gasteiger partial charge in [0.1, 0.15) is 11.1 Å². The van der Waals surface area contributed by atoms with Gasteiger partial charge in [-0.15, -0.1) is 0 Å². The SMILES string of the molecule is CCC1(C)NC(=O)C(CC)(CC)N(CCSC)C1=O. The molecule has 0 saturated carbocycles. The standard InChI is InChI=1S/C14H26N2O2S/c1-6-13(4)12(18)16(9-10-19-5)14(7-2,8-3)11(17)15-13/h6-10H2,1-5H3,(H,15,17). The molecule has 0 bridgehead atoms. The molecule has 5 heteroatoms. The van der Waals surface area contributed by atoms with Crippen LogP contribution in [0.25, 0.3) is 0 Å². The van der Waals surface area contributed by atoms with E-state index in [0.29, 0.717) is 25.8 Å². The van der Waals surface area contributed by atoms with E-state index in [1.54, 1.807) is 11.8 Å². The molecule has 1 aliphatic heterocycles. The normalized spacial score (nSPS) is 26.5. The Morgan fingerprint density at radius 3 is 2.16 bits per heavy atom. The van der Waals surface area contributed by atoms with Gasteiger partial charge in [0, 0.05) is 12.3 Å². The third-order valence-electron chi connectivity index (χ3n) is 4.44. The number of amides is 2. The third kappa shape index (κ3) is 2.62. The van der Waals surface area contributed by atoms with Crippen LogP contribution in [0.5, 0.6) is 0 Å². The number of rotatable bonds is 6. The quantitative estimate of drug-likeness (QED) is 0.813. The minimum absolute atomic E-state index is 0.00236. The molecule has 0 radical (unpaired) electrons. The second kappa shape index (κ2) is 6.16. The maximum absolute atomic E-state index is 12.8. The third-order valence-corrected chi connectivity index (χ3v) is 5.03. The predicted octanol–water partition coefficient (Wildman–Crippen LogP) is 2.04. The minimum atomic E-state index is -0.747. The molecule has 0 aromatic heterocycles. The van der Waals surface area contributed by atoms with E-state index in [4.69, 9.17) is 0 Å². The van der Waals surface area contributed by atoms with Crippen LogP contribution in [-0.2, 0) is 9.59 Å². The van der Waals surface area contributed by atoms with E-state index >= 15 is 0 Å². The maximum Gasteiger partial charge on any atom is 0.248 e. The number of carbonyl (C=O) groups is 2. The van der Waals surface area contributed by atoms with Crippen LogP contribution in [0.1, 0.15) is 47.0 Å². The molecule has 1 saturated heterocycles. The summed E-state index contributed by atoms with van der Waals surface area (Å²) in [5.41, 5.74) is -1.41. The Bertz CT molecular complexity index is 355. The van der Waals surface area contributed by atoms with Gasteiger partial charge in [0.05, 0.1) is 0 Å². The van der Waals surface area contributed by atoms with Crippen LogP contribution >= 0.6 is 11.8 Å². The van der Waals surface area contributed by atoms with E-state index < -0.39 is 11.1 Å². The Kier molecular flexibility index (Phi) is 5.30. The number of piperazine rings is 1. The first-order valence-corrected chi connectivity index (χ1v) is 8.44. The summed E-state index contributed by atoms with van der Waals surface area (Å²) in [7, 11) is 0. The summed E-state index contributed by atoms with van der Waals surface area (Å²) in [6.45, 7) is 8.38. The van der Waals surface area contributed by atoms with Gasteiger partial charge in [-0.25, -0.2) is 0 Å². The molecule has 0 aromatic carbocycles. The highest BCUT2D eigenvalue weighted by Crippen LogP contribution is 2.33. The number of carbonyl (C=O) groups excluding carboxylic acids is 2. The predicted molar refractivity (Wildman–Crippen MR) is 80.2 cm³/mol. The summed E-state index contributed by atoms with van der Waals surface area (Å²) >= 11 is 1.70. The first kappa shape index (κ1) is 16.3. The first-order chi connectivity index (χ1) is 8.91. The van der Waals surface area contributed by atoms with E-state index in [2.05, 4.69) is 5.32 Å². The number of thioether (sulfide) groups is 1. The van der Waals surface area contributed by atoms with Crippen LogP contribution in [0.2, 0.25) is 0 Å². The topological polar surface area (TPSA) is 49.4 Å².